The van der Waals surface area contributed by atoms with Crippen molar-refractivity contribution in [2.45, 2.75) is 24.4 Å². The number of hydrogen-bond donors (Lipinski definition) is 1. The Hall–Kier alpha value is -2.68. The minimum Gasteiger partial charge on any atom is -0.493 e. The molecule has 0 unspecified atom stereocenters. The average Bonchev–Trinajstić information content (AvgIpc) is 2.69. The number of nitrogens with zero attached hydrogens (tertiary/aromatic N) is 2. The number of ether oxygens (including phenoxy) is 3. The quantitative estimate of drug-likeness (QED) is 0.583. The number of aromatic nitrogens is 2. The summed E-state index contributed by atoms with van der Waals surface area (Å²) in [6, 6.07) is 3.53. The van der Waals surface area contributed by atoms with Gasteiger partial charge < -0.3 is 24.1 Å². The lowest BCUT2D eigenvalue weighted by atomic mass is 9.86. The van der Waals surface area contributed by atoms with Gasteiger partial charge in [0.2, 0.25) is 11.7 Å². The van der Waals surface area contributed by atoms with Crippen LogP contribution in [0, 0.1) is 0 Å². The molecule has 3 rings (SSSR count). The van der Waals surface area contributed by atoms with Crippen molar-refractivity contribution in [1.29, 1.82) is 0 Å². The third-order valence-electron chi connectivity index (χ3n) is 4.68. The number of anilines is 1. The summed E-state index contributed by atoms with van der Waals surface area (Å²) in [5.74, 6) is 1.89. The van der Waals surface area contributed by atoms with E-state index in [0.717, 1.165) is 5.75 Å². The summed E-state index contributed by atoms with van der Waals surface area (Å²) in [5.41, 5.74) is 0.755. The van der Waals surface area contributed by atoms with E-state index in [0.29, 0.717) is 39.3 Å². The average molecular weight is 405 g/mol. The van der Waals surface area contributed by atoms with Crippen molar-refractivity contribution < 1.29 is 19.0 Å². The molecule has 0 saturated carbocycles. The summed E-state index contributed by atoms with van der Waals surface area (Å²) in [6.45, 7) is 1.98. The van der Waals surface area contributed by atoms with Gasteiger partial charge in [-0.1, -0.05) is 24.8 Å². The normalized spacial score (nSPS) is 15.6. The maximum absolute atomic E-state index is 12.9. The number of rotatable bonds is 6. The molecule has 0 bridgehead atoms. The zero-order valence-corrected chi connectivity index (χ0v) is 17.3. The highest BCUT2D eigenvalue weighted by atomic mass is 32.2. The molecule has 9 heteroatoms. The van der Waals surface area contributed by atoms with Gasteiger partial charge in [-0.05, 0) is 11.8 Å². The molecular formula is C19H23N3O5S. The van der Waals surface area contributed by atoms with Crippen LogP contribution in [0.4, 0.5) is 5.82 Å². The monoisotopic (exact) mass is 405 g/mol. The predicted octanol–water partition coefficient (Wildman–Crippen LogP) is 2.39. The maximum atomic E-state index is 12.9. The summed E-state index contributed by atoms with van der Waals surface area (Å²) < 4.78 is 18.1. The van der Waals surface area contributed by atoms with E-state index in [9.17, 15) is 9.59 Å². The molecule has 0 spiro atoms. The van der Waals surface area contributed by atoms with E-state index in [1.807, 2.05) is 6.92 Å². The zero-order chi connectivity index (χ0) is 20.4. The number of hydrogen-bond acceptors (Lipinski definition) is 7. The summed E-state index contributed by atoms with van der Waals surface area (Å²) >= 11 is 1.45. The van der Waals surface area contributed by atoms with Crippen LogP contribution in [-0.4, -0.2) is 42.5 Å². The first-order chi connectivity index (χ1) is 13.5. The van der Waals surface area contributed by atoms with Gasteiger partial charge in [0.25, 0.3) is 5.56 Å². The van der Waals surface area contributed by atoms with Gasteiger partial charge in [-0.2, -0.15) is 4.98 Å². The molecule has 1 N–H and O–H groups in total. The van der Waals surface area contributed by atoms with Gasteiger partial charge in [-0.3, -0.25) is 9.59 Å². The molecular weight excluding hydrogens is 382 g/mol. The van der Waals surface area contributed by atoms with Crippen molar-refractivity contribution in [3.8, 4) is 17.2 Å². The number of carbonyl (C=O) groups excluding carboxylic acids is 1. The van der Waals surface area contributed by atoms with Crippen LogP contribution in [0.25, 0.3) is 0 Å². The van der Waals surface area contributed by atoms with Crippen LogP contribution in [0.3, 0.4) is 0 Å². The van der Waals surface area contributed by atoms with Crippen LogP contribution in [0.15, 0.2) is 22.1 Å². The Morgan fingerprint density at radius 1 is 1.18 bits per heavy atom. The van der Waals surface area contributed by atoms with E-state index in [1.165, 1.54) is 33.1 Å². The highest BCUT2D eigenvalue weighted by molar-refractivity contribution is 7.99. The van der Waals surface area contributed by atoms with Crippen LogP contribution >= 0.6 is 11.8 Å². The second kappa shape index (κ2) is 8.14. The topological polar surface area (TPSA) is 91.7 Å². The fourth-order valence-corrected chi connectivity index (χ4v) is 4.15. The van der Waals surface area contributed by atoms with Crippen LogP contribution in [0.1, 0.15) is 30.4 Å². The molecule has 8 nitrogen and oxygen atoms in total. The molecule has 1 aliphatic rings. The van der Waals surface area contributed by atoms with Gasteiger partial charge in [-0.25, -0.2) is 0 Å². The number of carbonyl (C=O) groups is 1. The fraction of sp³-hybridized carbons (Fsp3) is 0.421. The number of amides is 1. The fourth-order valence-electron chi connectivity index (χ4n) is 3.46. The predicted molar refractivity (Wildman–Crippen MR) is 107 cm³/mol. The van der Waals surface area contributed by atoms with Crippen molar-refractivity contribution in [1.82, 2.24) is 9.55 Å². The number of benzene rings is 1. The molecule has 28 heavy (non-hydrogen) atoms. The van der Waals surface area contributed by atoms with Gasteiger partial charge in [-0.15, -0.1) is 0 Å². The van der Waals surface area contributed by atoms with Gasteiger partial charge in [0.1, 0.15) is 5.82 Å². The van der Waals surface area contributed by atoms with Crippen molar-refractivity contribution in [2.75, 3.05) is 32.4 Å². The lowest BCUT2D eigenvalue weighted by Crippen LogP contribution is -2.33. The molecule has 2 heterocycles. The van der Waals surface area contributed by atoms with Crippen molar-refractivity contribution >= 4 is 23.5 Å². The number of methoxy groups -OCH3 is 3. The Bertz CT molecular complexity index is 973. The second-order valence-corrected chi connectivity index (χ2v) is 7.41. The Morgan fingerprint density at radius 3 is 2.50 bits per heavy atom. The summed E-state index contributed by atoms with van der Waals surface area (Å²) in [4.78, 5) is 29.6. The Labute approximate surface area is 167 Å². The van der Waals surface area contributed by atoms with Gasteiger partial charge in [0.05, 0.1) is 26.9 Å². The molecule has 1 atom stereocenters. The maximum Gasteiger partial charge on any atom is 0.279 e. The molecule has 1 aromatic carbocycles. The van der Waals surface area contributed by atoms with Crippen molar-refractivity contribution in [3.63, 3.8) is 0 Å². The highest BCUT2D eigenvalue weighted by Crippen LogP contribution is 2.46. The number of nitrogens with one attached hydrogen (secondary N) is 1. The first-order valence-electron chi connectivity index (χ1n) is 8.79. The molecule has 2 aromatic rings. The number of thioether (sulfide) groups is 1. The van der Waals surface area contributed by atoms with Crippen LogP contribution in [0.5, 0.6) is 17.2 Å². The standard InChI is InChI=1S/C19H23N3O5S/c1-6-28-19-21-18(24)14-11(9-13(23)20-17(14)22(19)2)10-7-8-12(25-3)16(27-5)15(10)26-4/h7-8,11H,6,9H2,1-5H3,(H,20,23)/t11-/m0/s1. The Balaban J connectivity index is 2.26. The number of fused-ring (bicyclic) bond motifs is 1. The van der Waals surface area contributed by atoms with E-state index in [2.05, 4.69) is 10.3 Å². The summed E-state index contributed by atoms with van der Waals surface area (Å²) in [5, 5.41) is 3.39. The van der Waals surface area contributed by atoms with Crippen molar-refractivity contribution in [2.24, 2.45) is 7.05 Å². The molecule has 150 valence electrons. The molecule has 1 aliphatic heterocycles. The van der Waals surface area contributed by atoms with Crippen LogP contribution in [-0.2, 0) is 11.8 Å². The minimum atomic E-state index is -0.509. The molecule has 1 amide bonds. The highest BCUT2D eigenvalue weighted by Gasteiger charge is 2.35. The van der Waals surface area contributed by atoms with E-state index < -0.39 is 5.92 Å². The summed E-state index contributed by atoms with van der Waals surface area (Å²) in [6.07, 6.45) is 0.107. The third-order valence-corrected chi connectivity index (χ3v) is 5.60. The third kappa shape index (κ3) is 3.30. The van der Waals surface area contributed by atoms with E-state index >= 15 is 0 Å². The van der Waals surface area contributed by atoms with Crippen LogP contribution in [0.2, 0.25) is 0 Å². The first-order valence-corrected chi connectivity index (χ1v) is 9.77. The SMILES string of the molecule is CCSc1nc(=O)c2c(n1C)NC(=O)C[C@H]2c1ccc(OC)c(OC)c1OC. The molecule has 0 radical (unpaired) electrons. The summed E-state index contributed by atoms with van der Waals surface area (Å²) in [7, 11) is 6.35. The van der Waals surface area contributed by atoms with Crippen LogP contribution < -0.4 is 25.1 Å². The smallest absolute Gasteiger partial charge is 0.279 e. The van der Waals surface area contributed by atoms with Crippen molar-refractivity contribution in [3.05, 3.63) is 33.6 Å². The minimum absolute atomic E-state index is 0.107. The first kappa shape index (κ1) is 20.1. The lowest BCUT2D eigenvalue weighted by Gasteiger charge is -2.29. The van der Waals surface area contributed by atoms with E-state index in [4.69, 9.17) is 14.2 Å². The largest absolute Gasteiger partial charge is 0.493 e. The molecule has 0 aliphatic carbocycles. The molecule has 0 saturated heterocycles. The Kier molecular flexibility index (Phi) is 5.83. The van der Waals surface area contributed by atoms with E-state index in [1.54, 1.807) is 23.7 Å². The second-order valence-electron chi connectivity index (χ2n) is 6.18. The molecule has 1 aromatic heterocycles. The van der Waals surface area contributed by atoms with Gasteiger partial charge in [0.15, 0.2) is 16.7 Å². The van der Waals surface area contributed by atoms with Gasteiger partial charge in [0, 0.05) is 24.9 Å². The molecule has 0 fully saturated rings. The van der Waals surface area contributed by atoms with E-state index in [-0.39, 0.29) is 17.9 Å². The van der Waals surface area contributed by atoms with Gasteiger partial charge >= 0.3 is 0 Å². The zero-order valence-electron chi connectivity index (χ0n) is 16.5. The lowest BCUT2D eigenvalue weighted by molar-refractivity contribution is -0.116. The Morgan fingerprint density at radius 2 is 1.89 bits per heavy atom.